The Morgan fingerprint density at radius 2 is 1.89 bits per heavy atom. The van der Waals surface area contributed by atoms with Crippen molar-refractivity contribution in [2.45, 2.75) is 13.1 Å². The first-order valence-corrected chi connectivity index (χ1v) is 5.56. The molecule has 0 unspecified atom stereocenters. The van der Waals surface area contributed by atoms with E-state index in [1.165, 1.54) is 6.07 Å². The molecule has 0 amide bonds. The summed E-state index contributed by atoms with van der Waals surface area (Å²) in [6.45, 7) is 1.79. The maximum absolute atomic E-state index is 12.7. The lowest BCUT2D eigenvalue weighted by molar-refractivity contribution is -0.140. The molecule has 6 heteroatoms. The summed E-state index contributed by atoms with van der Waals surface area (Å²) in [4.78, 5) is 3.61. The van der Waals surface area contributed by atoms with Gasteiger partial charge in [0, 0.05) is 23.1 Å². The molecule has 0 fully saturated rings. The first kappa shape index (κ1) is 13.0. The molecular formula is C12H10ClF3N2. The van der Waals surface area contributed by atoms with E-state index in [0.29, 0.717) is 16.1 Å². The van der Waals surface area contributed by atoms with Gasteiger partial charge in [0.1, 0.15) is 5.69 Å². The minimum Gasteiger partial charge on any atom is -0.388 e. The van der Waals surface area contributed by atoms with Gasteiger partial charge in [-0.3, -0.25) is 0 Å². The predicted molar refractivity (Wildman–Crippen MR) is 66.0 cm³/mol. The summed E-state index contributed by atoms with van der Waals surface area (Å²) in [5.41, 5.74) is 0.471. The zero-order valence-electron chi connectivity index (χ0n) is 9.69. The lowest BCUT2D eigenvalue weighted by atomic mass is 10.1. The molecule has 2 nitrogen and oxygen atoms in total. The number of pyridine rings is 1. The molecule has 2 rings (SSSR count). The summed E-state index contributed by atoms with van der Waals surface area (Å²) in [7, 11) is 1.57. The van der Waals surface area contributed by atoms with Crippen LogP contribution in [0.4, 0.5) is 18.9 Å². The maximum Gasteiger partial charge on any atom is 0.433 e. The fourth-order valence-corrected chi connectivity index (χ4v) is 1.87. The minimum atomic E-state index is -4.48. The molecule has 0 spiro atoms. The van der Waals surface area contributed by atoms with E-state index in [2.05, 4.69) is 10.3 Å². The average molecular weight is 275 g/mol. The second-order valence-electron chi connectivity index (χ2n) is 3.92. The quantitative estimate of drug-likeness (QED) is 0.840. The van der Waals surface area contributed by atoms with Crippen molar-refractivity contribution in [3.05, 3.63) is 34.5 Å². The molecule has 2 aromatic rings. The molecule has 0 saturated carbocycles. The normalized spacial score (nSPS) is 11.9. The standard InChI is InChI=1S/C12H10ClF3N2/c1-6-3-7-9(17-2)5-11(12(14,15)16)18-10(7)4-8(6)13/h3-5H,1-2H3,(H,17,18). The molecule has 0 bridgehead atoms. The predicted octanol–water partition coefficient (Wildman–Crippen LogP) is 4.26. The SMILES string of the molecule is CNc1cc(C(F)(F)F)nc2cc(Cl)c(C)cc12. The zero-order chi connectivity index (χ0) is 13.5. The number of anilines is 1. The van der Waals surface area contributed by atoms with E-state index < -0.39 is 11.9 Å². The van der Waals surface area contributed by atoms with Gasteiger partial charge in [-0.05, 0) is 30.7 Å². The average Bonchev–Trinajstić information content (AvgIpc) is 2.28. The number of aromatic nitrogens is 1. The van der Waals surface area contributed by atoms with E-state index in [-0.39, 0.29) is 5.52 Å². The van der Waals surface area contributed by atoms with Crippen LogP contribution in [0.15, 0.2) is 18.2 Å². The van der Waals surface area contributed by atoms with Gasteiger partial charge in [-0.25, -0.2) is 4.98 Å². The number of benzene rings is 1. The Morgan fingerprint density at radius 1 is 1.22 bits per heavy atom. The number of hydrogen-bond acceptors (Lipinski definition) is 2. The number of alkyl halides is 3. The van der Waals surface area contributed by atoms with Crippen LogP contribution in [-0.4, -0.2) is 12.0 Å². The Balaban J connectivity index is 2.80. The van der Waals surface area contributed by atoms with Crippen LogP contribution in [0, 0.1) is 6.92 Å². The lowest BCUT2D eigenvalue weighted by Gasteiger charge is -2.12. The fourth-order valence-electron chi connectivity index (χ4n) is 1.71. The Kier molecular flexibility index (Phi) is 3.11. The topological polar surface area (TPSA) is 24.9 Å². The van der Waals surface area contributed by atoms with Crippen molar-refractivity contribution < 1.29 is 13.2 Å². The van der Waals surface area contributed by atoms with Gasteiger partial charge in [0.2, 0.25) is 0 Å². The molecule has 0 aliphatic rings. The molecule has 1 heterocycles. The van der Waals surface area contributed by atoms with E-state index in [9.17, 15) is 13.2 Å². The third kappa shape index (κ3) is 2.22. The molecule has 0 saturated heterocycles. The molecule has 0 atom stereocenters. The van der Waals surface area contributed by atoms with Crippen LogP contribution in [0.2, 0.25) is 5.02 Å². The summed E-state index contributed by atoms with van der Waals surface area (Å²) < 4.78 is 38.1. The van der Waals surface area contributed by atoms with Crippen LogP contribution in [-0.2, 0) is 6.18 Å². The molecule has 1 N–H and O–H groups in total. The molecule has 96 valence electrons. The Labute approximate surface area is 107 Å². The first-order chi connectivity index (χ1) is 8.32. The van der Waals surface area contributed by atoms with Crippen LogP contribution in [0.25, 0.3) is 10.9 Å². The van der Waals surface area contributed by atoms with Crippen LogP contribution in [0.3, 0.4) is 0 Å². The van der Waals surface area contributed by atoms with E-state index in [0.717, 1.165) is 11.6 Å². The molecule has 18 heavy (non-hydrogen) atoms. The largest absolute Gasteiger partial charge is 0.433 e. The first-order valence-electron chi connectivity index (χ1n) is 5.19. The second-order valence-corrected chi connectivity index (χ2v) is 4.33. The molecule has 0 radical (unpaired) electrons. The number of hydrogen-bond donors (Lipinski definition) is 1. The Hall–Kier alpha value is -1.49. The van der Waals surface area contributed by atoms with E-state index in [4.69, 9.17) is 11.6 Å². The second kappa shape index (κ2) is 4.31. The highest BCUT2D eigenvalue weighted by Crippen LogP contribution is 2.34. The van der Waals surface area contributed by atoms with Gasteiger partial charge >= 0.3 is 6.18 Å². The Morgan fingerprint density at radius 3 is 2.44 bits per heavy atom. The van der Waals surface area contributed by atoms with Crippen molar-refractivity contribution in [1.82, 2.24) is 4.98 Å². The summed E-state index contributed by atoms with van der Waals surface area (Å²) in [5, 5.41) is 3.76. The number of nitrogens with one attached hydrogen (secondary N) is 1. The zero-order valence-corrected chi connectivity index (χ0v) is 10.4. The van der Waals surface area contributed by atoms with Crippen molar-refractivity contribution in [3.63, 3.8) is 0 Å². The summed E-state index contributed by atoms with van der Waals surface area (Å²) in [6, 6.07) is 4.16. The number of halogens is 4. The third-order valence-corrected chi connectivity index (χ3v) is 3.06. The molecule has 0 aliphatic carbocycles. The van der Waals surface area contributed by atoms with E-state index in [1.54, 1.807) is 20.0 Å². The summed E-state index contributed by atoms with van der Waals surface area (Å²) >= 11 is 5.91. The van der Waals surface area contributed by atoms with Gasteiger partial charge in [-0.1, -0.05) is 11.6 Å². The van der Waals surface area contributed by atoms with Crippen LogP contribution >= 0.6 is 11.6 Å². The molecular weight excluding hydrogens is 265 g/mol. The van der Waals surface area contributed by atoms with Gasteiger partial charge in [0.25, 0.3) is 0 Å². The molecule has 1 aromatic heterocycles. The van der Waals surface area contributed by atoms with E-state index >= 15 is 0 Å². The fraction of sp³-hybridized carbons (Fsp3) is 0.250. The van der Waals surface area contributed by atoms with Gasteiger partial charge in [0.05, 0.1) is 5.52 Å². The maximum atomic E-state index is 12.7. The van der Waals surface area contributed by atoms with Crippen LogP contribution < -0.4 is 5.32 Å². The van der Waals surface area contributed by atoms with Crippen molar-refractivity contribution in [2.75, 3.05) is 12.4 Å². The summed E-state index contributed by atoms with van der Waals surface area (Å²) in [5.74, 6) is 0. The van der Waals surface area contributed by atoms with Crippen molar-refractivity contribution >= 4 is 28.2 Å². The highest BCUT2D eigenvalue weighted by atomic mass is 35.5. The lowest BCUT2D eigenvalue weighted by Crippen LogP contribution is -2.09. The summed E-state index contributed by atoms with van der Waals surface area (Å²) in [6.07, 6.45) is -4.48. The highest BCUT2D eigenvalue weighted by Gasteiger charge is 2.33. The van der Waals surface area contributed by atoms with Gasteiger partial charge < -0.3 is 5.32 Å². The monoisotopic (exact) mass is 274 g/mol. The molecule has 1 aromatic carbocycles. The Bertz CT molecular complexity index is 608. The smallest absolute Gasteiger partial charge is 0.388 e. The van der Waals surface area contributed by atoms with E-state index in [1.807, 2.05) is 0 Å². The number of rotatable bonds is 1. The van der Waals surface area contributed by atoms with Gasteiger partial charge in [-0.15, -0.1) is 0 Å². The molecule has 0 aliphatic heterocycles. The highest BCUT2D eigenvalue weighted by molar-refractivity contribution is 6.32. The number of nitrogens with zero attached hydrogens (tertiary/aromatic N) is 1. The van der Waals surface area contributed by atoms with Crippen molar-refractivity contribution in [1.29, 1.82) is 0 Å². The minimum absolute atomic E-state index is 0.227. The third-order valence-electron chi connectivity index (χ3n) is 2.65. The van der Waals surface area contributed by atoms with Crippen molar-refractivity contribution in [2.24, 2.45) is 0 Å². The van der Waals surface area contributed by atoms with Crippen molar-refractivity contribution in [3.8, 4) is 0 Å². The van der Waals surface area contributed by atoms with Crippen LogP contribution in [0.5, 0.6) is 0 Å². The van der Waals surface area contributed by atoms with Crippen LogP contribution in [0.1, 0.15) is 11.3 Å². The van der Waals surface area contributed by atoms with Gasteiger partial charge in [0.15, 0.2) is 0 Å². The van der Waals surface area contributed by atoms with Gasteiger partial charge in [-0.2, -0.15) is 13.2 Å². The number of aryl methyl sites for hydroxylation is 1. The number of fused-ring (bicyclic) bond motifs is 1.